The third kappa shape index (κ3) is 7.24. The molecule has 2 heterocycles. The molecule has 13 heteroatoms. The van der Waals surface area contributed by atoms with Gasteiger partial charge < -0.3 is 25.0 Å². The number of nitrogens with one attached hydrogen (secondary N) is 1. The number of carbonyl (C=O) groups excluding carboxylic acids is 1. The molecule has 4 N–H and O–H groups in total. The Bertz CT molecular complexity index is 1350. The second-order valence-corrected chi connectivity index (χ2v) is 13.3. The molecular formula is C27H36N5O6PS. The fourth-order valence-electron chi connectivity index (χ4n) is 4.30. The number of esters is 1. The van der Waals surface area contributed by atoms with E-state index in [0.29, 0.717) is 18.0 Å². The molecule has 5 atom stereocenters. The van der Waals surface area contributed by atoms with E-state index in [1.54, 1.807) is 30.9 Å². The third-order valence-electron chi connectivity index (χ3n) is 6.32. The van der Waals surface area contributed by atoms with Crippen molar-refractivity contribution in [2.45, 2.75) is 63.0 Å². The van der Waals surface area contributed by atoms with Gasteiger partial charge in [0.15, 0.2) is 0 Å². The molecule has 0 aliphatic carbocycles. The summed E-state index contributed by atoms with van der Waals surface area (Å²) in [6.07, 6.45) is 0.764. The van der Waals surface area contributed by atoms with Crippen molar-refractivity contribution in [3.63, 3.8) is 0 Å². The Balaban J connectivity index is 1.56. The zero-order chi connectivity index (χ0) is 29.0. The number of nitrogens with zero attached hydrogens (tertiary/aromatic N) is 3. The Morgan fingerprint density at radius 1 is 1.25 bits per heavy atom. The zero-order valence-corrected chi connectivity index (χ0v) is 24.7. The van der Waals surface area contributed by atoms with Crippen LogP contribution >= 0.6 is 19.5 Å². The van der Waals surface area contributed by atoms with Gasteiger partial charge >= 0.3 is 13.7 Å². The summed E-state index contributed by atoms with van der Waals surface area (Å²) in [5, 5.41) is 14.6. The highest BCUT2D eigenvalue weighted by Crippen LogP contribution is 2.49. The number of thioether (sulfide) groups is 1. The van der Waals surface area contributed by atoms with Crippen molar-refractivity contribution >= 4 is 48.5 Å². The third-order valence-corrected chi connectivity index (χ3v) is 9.37. The molecule has 216 valence electrons. The van der Waals surface area contributed by atoms with Crippen LogP contribution in [0, 0.1) is 5.92 Å². The first kappa shape index (κ1) is 30.1. The molecule has 2 aliphatic heterocycles. The SMILES string of the molecule is C=C1N=C(N)N=CN1[C@H]1C[C@@H](O)[C@@H](COP(=O)(N[C@H](C(=O)OC(C)C)C(C)C)Oc2cccc3ccccc23)S1. The quantitative estimate of drug-likeness (QED) is 0.257. The van der Waals surface area contributed by atoms with Crippen molar-refractivity contribution in [1.82, 2.24) is 9.99 Å². The first-order valence-corrected chi connectivity index (χ1v) is 15.5. The summed E-state index contributed by atoms with van der Waals surface area (Å²) < 4.78 is 31.8. The molecule has 2 aliphatic rings. The first-order chi connectivity index (χ1) is 19.0. The summed E-state index contributed by atoms with van der Waals surface area (Å²) in [6.45, 7) is 10.9. The molecule has 0 radical (unpaired) electrons. The maximum Gasteiger partial charge on any atom is 0.459 e. The summed E-state index contributed by atoms with van der Waals surface area (Å²) >= 11 is 1.41. The Morgan fingerprint density at radius 2 is 1.98 bits per heavy atom. The molecule has 40 heavy (non-hydrogen) atoms. The van der Waals surface area contributed by atoms with Gasteiger partial charge in [-0.15, -0.1) is 11.8 Å². The minimum atomic E-state index is -4.18. The van der Waals surface area contributed by atoms with E-state index >= 15 is 0 Å². The van der Waals surface area contributed by atoms with Gasteiger partial charge in [0.25, 0.3) is 0 Å². The van der Waals surface area contributed by atoms with E-state index in [-0.39, 0.29) is 30.0 Å². The smallest absolute Gasteiger partial charge is 0.459 e. The maximum atomic E-state index is 14.3. The Kier molecular flexibility index (Phi) is 9.58. The lowest BCUT2D eigenvalue weighted by Gasteiger charge is -2.29. The van der Waals surface area contributed by atoms with Crippen LogP contribution in [-0.4, -0.2) is 63.8 Å². The van der Waals surface area contributed by atoms with Crippen LogP contribution in [0.1, 0.15) is 34.1 Å². The Hall–Kier alpha value is -2.89. The van der Waals surface area contributed by atoms with Crippen molar-refractivity contribution in [3.8, 4) is 5.75 Å². The van der Waals surface area contributed by atoms with Crippen LogP contribution in [0.4, 0.5) is 0 Å². The summed E-state index contributed by atoms with van der Waals surface area (Å²) in [5.41, 5.74) is 5.65. The number of rotatable bonds is 11. The number of fused-ring (bicyclic) bond motifs is 1. The monoisotopic (exact) mass is 589 g/mol. The van der Waals surface area contributed by atoms with E-state index in [1.165, 1.54) is 18.1 Å². The van der Waals surface area contributed by atoms with Crippen LogP contribution in [0.3, 0.4) is 0 Å². The molecule has 0 bridgehead atoms. The van der Waals surface area contributed by atoms with E-state index < -0.39 is 31.1 Å². The predicted molar refractivity (Wildman–Crippen MR) is 158 cm³/mol. The second-order valence-electron chi connectivity index (χ2n) is 10.2. The topological polar surface area (TPSA) is 148 Å². The molecule has 1 unspecified atom stereocenters. The van der Waals surface area contributed by atoms with E-state index in [1.807, 2.05) is 44.2 Å². The number of hydrogen-bond donors (Lipinski definition) is 3. The lowest BCUT2D eigenvalue weighted by atomic mass is 10.1. The lowest BCUT2D eigenvalue weighted by Crippen LogP contribution is -2.42. The number of benzene rings is 2. The average molecular weight is 590 g/mol. The number of ether oxygens (including phenoxy) is 1. The average Bonchev–Trinajstić information content (AvgIpc) is 3.26. The largest absolute Gasteiger partial charge is 0.462 e. The number of carbonyl (C=O) groups is 1. The minimum absolute atomic E-state index is 0.109. The van der Waals surface area contributed by atoms with Gasteiger partial charge in [0.05, 0.1) is 29.4 Å². The van der Waals surface area contributed by atoms with Gasteiger partial charge in [0.2, 0.25) is 5.96 Å². The number of aliphatic hydroxyl groups is 1. The van der Waals surface area contributed by atoms with Gasteiger partial charge in [-0.3, -0.25) is 9.32 Å². The number of hydrogen-bond acceptors (Lipinski definition) is 11. The molecule has 0 spiro atoms. The van der Waals surface area contributed by atoms with E-state index in [4.69, 9.17) is 19.5 Å². The standard InChI is InChI=1S/C27H36N5O6PS/c1-16(2)25(26(34)37-17(3)4)31-39(35,38-22-12-8-10-19-9-6-7-11-20(19)22)36-14-23-21(33)13-24(40-23)32-15-29-27(28)30-18(32)5/h6-12,15-17,21,23-25,33H,5,13-14H2,1-4H3,(H2,28,30)(H,31,35)/t21-,23-,24-,25+,39?/m1/s1. The minimum Gasteiger partial charge on any atom is -0.462 e. The highest BCUT2D eigenvalue weighted by Gasteiger charge is 2.42. The van der Waals surface area contributed by atoms with E-state index in [9.17, 15) is 14.5 Å². The normalized spacial score (nSPS) is 23.4. The van der Waals surface area contributed by atoms with Crippen molar-refractivity contribution < 1.29 is 28.3 Å². The van der Waals surface area contributed by atoms with Crippen LogP contribution in [-0.2, 0) is 18.6 Å². The van der Waals surface area contributed by atoms with E-state index in [0.717, 1.165) is 10.8 Å². The molecule has 1 fully saturated rings. The summed E-state index contributed by atoms with van der Waals surface area (Å²) in [4.78, 5) is 22.8. The van der Waals surface area contributed by atoms with Crippen molar-refractivity contribution in [2.24, 2.45) is 21.6 Å². The molecule has 0 aromatic heterocycles. The highest BCUT2D eigenvalue weighted by atomic mass is 32.2. The van der Waals surface area contributed by atoms with Gasteiger partial charge in [0, 0.05) is 11.8 Å². The van der Waals surface area contributed by atoms with Gasteiger partial charge in [-0.2, -0.15) is 10.1 Å². The molecular weight excluding hydrogens is 553 g/mol. The fourth-order valence-corrected chi connectivity index (χ4v) is 7.56. The predicted octanol–water partition coefficient (Wildman–Crippen LogP) is 4.23. The summed E-state index contributed by atoms with van der Waals surface area (Å²) in [7, 11) is -4.18. The van der Waals surface area contributed by atoms with Gasteiger partial charge in [0.1, 0.15) is 24.0 Å². The molecule has 4 rings (SSSR count). The number of aliphatic hydroxyl groups excluding tert-OH is 1. The molecule has 11 nitrogen and oxygen atoms in total. The van der Waals surface area contributed by atoms with E-state index in [2.05, 4.69) is 21.7 Å². The van der Waals surface area contributed by atoms with Gasteiger partial charge in [-0.25, -0.2) is 9.56 Å². The summed E-state index contributed by atoms with van der Waals surface area (Å²) in [6, 6.07) is 12.0. The van der Waals surface area contributed by atoms with Crippen LogP contribution in [0.15, 0.2) is 64.8 Å². The Labute approximate surface area is 238 Å². The summed E-state index contributed by atoms with van der Waals surface area (Å²) in [5.74, 6) is 0.00942. The highest BCUT2D eigenvalue weighted by molar-refractivity contribution is 8.00. The van der Waals surface area contributed by atoms with Crippen molar-refractivity contribution in [1.29, 1.82) is 0 Å². The molecule has 2 aromatic carbocycles. The van der Waals surface area contributed by atoms with Crippen LogP contribution < -0.4 is 15.3 Å². The maximum absolute atomic E-state index is 14.3. The van der Waals surface area contributed by atoms with Crippen molar-refractivity contribution in [3.05, 3.63) is 54.9 Å². The fraction of sp³-hybridized carbons (Fsp3) is 0.444. The van der Waals surface area contributed by atoms with Crippen molar-refractivity contribution in [2.75, 3.05) is 6.61 Å². The molecule has 0 amide bonds. The second kappa shape index (κ2) is 12.7. The van der Waals surface area contributed by atoms with Gasteiger partial charge in [-0.1, -0.05) is 56.8 Å². The number of aliphatic imine (C=N–C) groups is 2. The van der Waals surface area contributed by atoms with Gasteiger partial charge in [-0.05, 0) is 31.2 Å². The molecule has 1 saturated heterocycles. The first-order valence-electron chi connectivity index (χ1n) is 13.0. The zero-order valence-electron chi connectivity index (χ0n) is 23.0. The molecule has 0 saturated carbocycles. The van der Waals surface area contributed by atoms with Crippen LogP contribution in [0.2, 0.25) is 0 Å². The Morgan fingerprint density at radius 3 is 2.67 bits per heavy atom. The molecule has 2 aromatic rings. The lowest BCUT2D eigenvalue weighted by molar-refractivity contribution is -0.150. The number of nitrogens with two attached hydrogens (primary N) is 1. The van der Waals surface area contributed by atoms with Crippen LogP contribution in [0.25, 0.3) is 10.8 Å². The van der Waals surface area contributed by atoms with Crippen LogP contribution in [0.5, 0.6) is 5.75 Å². The number of guanidine groups is 1.